The highest BCUT2D eigenvalue weighted by molar-refractivity contribution is 7.98. The minimum Gasteiger partial charge on any atom is -0.325 e. The van der Waals surface area contributed by atoms with E-state index in [1.54, 1.807) is 53.4 Å². The zero-order valence-corrected chi connectivity index (χ0v) is 22.2. The van der Waals surface area contributed by atoms with Crippen LogP contribution in [0.5, 0.6) is 0 Å². The molecule has 4 rings (SSSR count). The van der Waals surface area contributed by atoms with Crippen molar-refractivity contribution in [2.75, 3.05) is 33.9 Å². The average molecular weight is 524 g/mol. The van der Waals surface area contributed by atoms with Crippen molar-refractivity contribution < 1.29 is 18.0 Å². The largest absolute Gasteiger partial charge is 0.325 e. The van der Waals surface area contributed by atoms with Gasteiger partial charge in [0.25, 0.3) is 10.0 Å². The molecule has 0 spiro atoms. The van der Waals surface area contributed by atoms with Crippen molar-refractivity contribution in [1.82, 2.24) is 0 Å². The minimum atomic E-state index is -3.99. The molecule has 0 atom stereocenters. The van der Waals surface area contributed by atoms with Gasteiger partial charge in [-0.05, 0) is 86.7 Å². The van der Waals surface area contributed by atoms with Gasteiger partial charge >= 0.3 is 0 Å². The number of thioether (sulfide) groups is 1. The van der Waals surface area contributed by atoms with Gasteiger partial charge in [-0.2, -0.15) is 0 Å². The van der Waals surface area contributed by atoms with E-state index in [4.69, 9.17) is 0 Å². The molecular weight excluding hydrogens is 494 g/mol. The number of carbonyl (C=O) groups is 2. The number of anilines is 3. The summed E-state index contributed by atoms with van der Waals surface area (Å²) in [7, 11) is -3.99. The highest BCUT2D eigenvalue weighted by Crippen LogP contribution is 2.29. The van der Waals surface area contributed by atoms with Gasteiger partial charge in [0.05, 0.1) is 10.6 Å². The molecule has 1 saturated heterocycles. The van der Waals surface area contributed by atoms with Crippen LogP contribution in [0.1, 0.15) is 24.0 Å². The molecule has 0 radical (unpaired) electrons. The monoisotopic (exact) mass is 523 g/mol. The summed E-state index contributed by atoms with van der Waals surface area (Å²) in [5.41, 5.74) is 3.62. The van der Waals surface area contributed by atoms with Gasteiger partial charge in [-0.1, -0.05) is 17.7 Å². The van der Waals surface area contributed by atoms with Crippen LogP contribution in [-0.4, -0.2) is 39.6 Å². The predicted octanol–water partition coefficient (Wildman–Crippen LogP) is 4.99. The minimum absolute atomic E-state index is 0.0967. The first kappa shape index (κ1) is 25.8. The number of rotatable bonds is 8. The number of hydrogen-bond donors (Lipinski definition) is 1. The highest BCUT2D eigenvalue weighted by Gasteiger charge is 2.28. The quantitative estimate of drug-likeness (QED) is 0.421. The van der Waals surface area contributed by atoms with E-state index in [0.29, 0.717) is 24.3 Å². The van der Waals surface area contributed by atoms with Crippen LogP contribution in [0.3, 0.4) is 0 Å². The Morgan fingerprint density at radius 3 is 2.31 bits per heavy atom. The number of benzene rings is 3. The van der Waals surface area contributed by atoms with Crippen molar-refractivity contribution in [3.05, 3.63) is 77.9 Å². The second-order valence-electron chi connectivity index (χ2n) is 8.72. The highest BCUT2D eigenvalue weighted by atomic mass is 32.2. The van der Waals surface area contributed by atoms with E-state index in [-0.39, 0.29) is 17.3 Å². The molecule has 2 amide bonds. The third-order valence-corrected chi connectivity index (χ3v) is 8.63. The van der Waals surface area contributed by atoms with E-state index in [2.05, 4.69) is 5.32 Å². The molecule has 1 N–H and O–H groups in total. The van der Waals surface area contributed by atoms with E-state index in [1.807, 2.05) is 38.3 Å². The maximum Gasteiger partial charge on any atom is 0.264 e. The SMILES string of the molecule is CSc1ccc(S(=O)(=O)N(CC(=O)Nc2ccc(N3CCCC3=O)c(C)c2)c2ccc(C)cc2)cc1. The smallest absolute Gasteiger partial charge is 0.264 e. The fourth-order valence-corrected chi connectivity index (χ4v) is 6.00. The Bertz CT molecular complexity index is 1370. The number of nitrogens with one attached hydrogen (secondary N) is 1. The van der Waals surface area contributed by atoms with E-state index in [0.717, 1.165) is 32.4 Å². The molecule has 36 heavy (non-hydrogen) atoms. The Balaban J connectivity index is 1.58. The zero-order chi connectivity index (χ0) is 25.9. The Hall–Kier alpha value is -3.30. The Labute approximate surface area is 216 Å². The first-order chi connectivity index (χ1) is 17.2. The molecule has 7 nitrogen and oxygen atoms in total. The predicted molar refractivity (Wildman–Crippen MR) is 145 cm³/mol. The third kappa shape index (κ3) is 5.57. The maximum atomic E-state index is 13.6. The van der Waals surface area contributed by atoms with Crippen LogP contribution in [0, 0.1) is 13.8 Å². The number of carbonyl (C=O) groups excluding carboxylic acids is 2. The van der Waals surface area contributed by atoms with Gasteiger partial charge in [0, 0.05) is 29.2 Å². The summed E-state index contributed by atoms with van der Waals surface area (Å²) in [5, 5.41) is 2.81. The van der Waals surface area contributed by atoms with Gasteiger partial charge < -0.3 is 10.2 Å². The molecule has 0 aromatic heterocycles. The average Bonchev–Trinajstić information content (AvgIpc) is 3.28. The molecule has 9 heteroatoms. The third-order valence-electron chi connectivity index (χ3n) is 6.10. The Morgan fingerprint density at radius 1 is 1.03 bits per heavy atom. The summed E-state index contributed by atoms with van der Waals surface area (Å²) >= 11 is 1.52. The van der Waals surface area contributed by atoms with Gasteiger partial charge in [0.1, 0.15) is 6.54 Å². The lowest BCUT2D eigenvalue weighted by Crippen LogP contribution is -2.38. The molecule has 1 fully saturated rings. The van der Waals surface area contributed by atoms with Crippen LogP contribution < -0.4 is 14.5 Å². The first-order valence-corrected chi connectivity index (χ1v) is 14.3. The van der Waals surface area contributed by atoms with Gasteiger partial charge in [-0.3, -0.25) is 13.9 Å². The molecule has 1 aliphatic rings. The van der Waals surface area contributed by atoms with Crippen molar-refractivity contribution in [2.45, 2.75) is 36.5 Å². The molecular formula is C27H29N3O4S2. The number of amides is 2. The second-order valence-corrected chi connectivity index (χ2v) is 11.5. The van der Waals surface area contributed by atoms with Crippen molar-refractivity contribution in [3.63, 3.8) is 0 Å². The zero-order valence-electron chi connectivity index (χ0n) is 20.5. The van der Waals surface area contributed by atoms with E-state index < -0.39 is 15.9 Å². The lowest BCUT2D eigenvalue weighted by atomic mass is 10.1. The van der Waals surface area contributed by atoms with Gasteiger partial charge in [0.2, 0.25) is 11.8 Å². The van der Waals surface area contributed by atoms with Crippen LogP contribution >= 0.6 is 11.8 Å². The Kier molecular flexibility index (Phi) is 7.70. The van der Waals surface area contributed by atoms with Crippen LogP contribution in [0.2, 0.25) is 0 Å². The summed E-state index contributed by atoms with van der Waals surface area (Å²) in [5.74, 6) is -0.372. The van der Waals surface area contributed by atoms with Crippen molar-refractivity contribution in [1.29, 1.82) is 0 Å². The fraction of sp³-hybridized carbons (Fsp3) is 0.259. The summed E-state index contributed by atoms with van der Waals surface area (Å²) in [6, 6.07) is 19.0. The molecule has 0 bridgehead atoms. The summed E-state index contributed by atoms with van der Waals surface area (Å²) in [6.45, 7) is 4.10. The van der Waals surface area contributed by atoms with E-state index in [1.165, 1.54) is 11.8 Å². The number of hydrogen-bond acceptors (Lipinski definition) is 5. The number of sulfonamides is 1. The molecule has 0 unspecified atom stereocenters. The molecule has 0 saturated carbocycles. The summed E-state index contributed by atoms with van der Waals surface area (Å²) < 4.78 is 28.3. The Morgan fingerprint density at radius 2 is 1.72 bits per heavy atom. The standard InChI is InChI=1S/C27H29N3O4S2/c1-19-6-9-22(10-7-19)30(36(33,34)24-13-11-23(35-3)12-14-24)18-26(31)28-21-8-15-25(20(2)17-21)29-16-4-5-27(29)32/h6-15,17H,4-5,16,18H2,1-3H3,(H,28,31). The lowest BCUT2D eigenvalue weighted by molar-refractivity contribution is -0.117. The van der Waals surface area contributed by atoms with E-state index >= 15 is 0 Å². The first-order valence-electron chi connectivity index (χ1n) is 11.6. The molecule has 1 aliphatic heterocycles. The van der Waals surface area contributed by atoms with Gasteiger partial charge in [-0.25, -0.2) is 8.42 Å². The van der Waals surface area contributed by atoms with E-state index in [9.17, 15) is 18.0 Å². The molecule has 0 aliphatic carbocycles. The topological polar surface area (TPSA) is 86.8 Å². The van der Waals surface area contributed by atoms with Crippen LogP contribution in [0.25, 0.3) is 0 Å². The second kappa shape index (κ2) is 10.8. The normalized spacial score (nSPS) is 13.6. The summed E-state index contributed by atoms with van der Waals surface area (Å²) in [4.78, 5) is 28.0. The van der Waals surface area contributed by atoms with Gasteiger partial charge in [0.15, 0.2) is 0 Å². The summed E-state index contributed by atoms with van der Waals surface area (Å²) in [6.07, 6.45) is 3.30. The number of aryl methyl sites for hydroxylation is 2. The maximum absolute atomic E-state index is 13.6. The van der Waals surface area contributed by atoms with Crippen LogP contribution in [0.15, 0.2) is 76.5 Å². The molecule has 3 aromatic rings. The molecule has 1 heterocycles. The van der Waals surface area contributed by atoms with Crippen molar-refractivity contribution >= 4 is 50.7 Å². The van der Waals surface area contributed by atoms with Crippen molar-refractivity contribution in [3.8, 4) is 0 Å². The molecule has 3 aromatic carbocycles. The van der Waals surface area contributed by atoms with Crippen LogP contribution in [0.4, 0.5) is 17.1 Å². The van der Waals surface area contributed by atoms with Gasteiger partial charge in [-0.15, -0.1) is 11.8 Å². The van der Waals surface area contributed by atoms with Crippen molar-refractivity contribution in [2.24, 2.45) is 0 Å². The van der Waals surface area contributed by atoms with Crippen LogP contribution in [-0.2, 0) is 19.6 Å². The fourth-order valence-electron chi connectivity index (χ4n) is 4.17. The number of nitrogens with zero attached hydrogens (tertiary/aromatic N) is 2. The lowest BCUT2D eigenvalue weighted by Gasteiger charge is -2.24. The molecule has 188 valence electrons.